The second-order valence-electron chi connectivity index (χ2n) is 5.19. The van der Waals surface area contributed by atoms with Gasteiger partial charge in [-0.3, -0.25) is 9.59 Å². The van der Waals surface area contributed by atoms with Gasteiger partial charge in [-0.05, 0) is 35.9 Å². The summed E-state index contributed by atoms with van der Waals surface area (Å²) in [6.07, 6.45) is 0. The first kappa shape index (κ1) is 17.0. The second-order valence-corrected chi connectivity index (χ2v) is 6.11. The van der Waals surface area contributed by atoms with Gasteiger partial charge in [-0.2, -0.15) is 0 Å². The molecule has 0 aromatic heterocycles. The Balaban J connectivity index is 2.13. The fourth-order valence-electron chi connectivity index (χ4n) is 2.03. The summed E-state index contributed by atoms with van der Waals surface area (Å²) in [5, 5.41) is 12.6. The number of rotatable bonds is 4. The number of hydrogen-bond donors (Lipinski definition) is 2. The topological polar surface area (TPSA) is 69.6 Å². The lowest BCUT2D eigenvalue weighted by molar-refractivity contribution is -0.128. The normalized spacial score (nSPS) is 10.2. The number of amides is 2. The van der Waals surface area contributed by atoms with Gasteiger partial charge in [-0.1, -0.05) is 28.1 Å². The lowest BCUT2D eigenvalue weighted by atomic mass is 10.1. The van der Waals surface area contributed by atoms with Crippen LogP contribution >= 0.6 is 15.9 Å². The molecule has 0 aliphatic carbocycles. The van der Waals surface area contributed by atoms with E-state index in [1.165, 1.54) is 13.0 Å². The molecule has 0 radical (unpaired) electrons. The van der Waals surface area contributed by atoms with E-state index in [1.807, 2.05) is 6.07 Å². The average molecular weight is 377 g/mol. The van der Waals surface area contributed by atoms with Crippen molar-refractivity contribution < 1.29 is 14.7 Å². The second kappa shape index (κ2) is 7.28. The van der Waals surface area contributed by atoms with Crippen LogP contribution in [0.4, 0.5) is 5.69 Å². The molecule has 2 amide bonds. The van der Waals surface area contributed by atoms with Crippen molar-refractivity contribution in [3.05, 3.63) is 58.1 Å². The minimum Gasteiger partial charge on any atom is -0.507 e. The maximum absolute atomic E-state index is 12.2. The third-order valence-corrected chi connectivity index (χ3v) is 3.84. The van der Waals surface area contributed by atoms with E-state index < -0.39 is 5.91 Å². The molecular formula is C17H17BrN2O3. The quantitative estimate of drug-likeness (QED) is 0.858. The van der Waals surface area contributed by atoms with Crippen LogP contribution < -0.4 is 5.32 Å². The molecule has 6 heteroatoms. The number of nitrogens with zero attached hydrogens (tertiary/aromatic N) is 1. The number of hydrogen-bond acceptors (Lipinski definition) is 3. The highest BCUT2D eigenvalue weighted by Gasteiger charge is 2.12. The highest BCUT2D eigenvalue weighted by molar-refractivity contribution is 9.10. The first-order valence-electron chi connectivity index (χ1n) is 6.97. The van der Waals surface area contributed by atoms with Crippen LogP contribution in [0.1, 0.15) is 22.8 Å². The highest BCUT2D eigenvalue weighted by atomic mass is 79.9. The number of anilines is 1. The number of aromatic hydroxyl groups is 1. The van der Waals surface area contributed by atoms with Crippen LogP contribution in [0.5, 0.6) is 5.75 Å². The van der Waals surface area contributed by atoms with Gasteiger partial charge in [0.15, 0.2) is 0 Å². The van der Waals surface area contributed by atoms with E-state index in [-0.39, 0.29) is 17.2 Å². The number of carbonyl (C=O) groups is 2. The molecule has 0 saturated heterocycles. The van der Waals surface area contributed by atoms with Gasteiger partial charge in [0, 0.05) is 30.7 Å². The molecule has 0 bridgehead atoms. The third-order valence-electron chi connectivity index (χ3n) is 3.35. The largest absolute Gasteiger partial charge is 0.507 e. The van der Waals surface area contributed by atoms with Gasteiger partial charge >= 0.3 is 0 Å². The van der Waals surface area contributed by atoms with Crippen molar-refractivity contribution in [2.45, 2.75) is 13.5 Å². The molecule has 2 aromatic carbocycles. The molecule has 0 spiro atoms. The summed E-state index contributed by atoms with van der Waals surface area (Å²) in [4.78, 5) is 25.1. The summed E-state index contributed by atoms with van der Waals surface area (Å²) in [5.74, 6) is -0.518. The SMILES string of the molecule is CC(=O)N(C)Cc1cccc(NC(=O)c2ccc(Br)cc2O)c1. The molecule has 0 fully saturated rings. The highest BCUT2D eigenvalue weighted by Crippen LogP contribution is 2.23. The summed E-state index contributed by atoms with van der Waals surface area (Å²) in [6.45, 7) is 1.96. The Labute approximate surface area is 143 Å². The Morgan fingerprint density at radius 3 is 2.61 bits per heavy atom. The fourth-order valence-corrected chi connectivity index (χ4v) is 2.38. The molecule has 2 aromatic rings. The molecule has 0 aliphatic rings. The van der Waals surface area contributed by atoms with Crippen LogP contribution in [0.15, 0.2) is 46.9 Å². The Hall–Kier alpha value is -2.34. The number of phenolic OH excluding ortho intramolecular Hbond substituents is 1. The van der Waals surface area contributed by atoms with Gasteiger partial charge < -0.3 is 15.3 Å². The summed E-state index contributed by atoms with van der Waals surface area (Å²) in [7, 11) is 1.72. The lowest BCUT2D eigenvalue weighted by Gasteiger charge is -2.15. The maximum atomic E-state index is 12.2. The molecule has 0 unspecified atom stereocenters. The van der Waals surface area contributed by atoms with Crippen molar-refractivity contribution in [3.63, 3.8) is 0 Å². The number of phenols is 1. The summed E-state index contributed by atoms with van der Waals surface area (Å²) in [6, 6.07) is 11.9. The molecule has 0 heterocycles. The van der Waals surface area contributed by atoms with Crippen LogP contribution in [0.25, 0.3) is 0 Å². The Bertz CT molecular complexity index is 746. The van der Waals surface area contributed by atoms with Crippen molar-refractivity contribution in [3.8, 4) is 5.75 Å². The van der Waals surface area contributed by atoms with Gasteiger partial charge in [0.25, 0.3) is 5.91 Å². The molecule has 2 N–H and O–H groups in total. The van der Waals surface area contributed by atoms with Crippen LogP contribution in [0.2, 0.25) is 0 Å². The maximum Gasteiger partial charge on any atom is 0.259 e. The Kier molecular flexibility index (Phi) is 5.39. The van der Waals surface area contributed by atoms with Gasteiger partial charge in [0.2, 0.25) is 5.91 Å². The Morgan fingerprint density at radius 2 is 1.96 bits per heavy atom. The van der Waals surface area contributed by atoms with E-state index in [0.717, 1.165) is 5.56 Å². The standard InChI is InChI=1S/C17H17BrN2O3/c1-11(21)20(2)10-12-4-3-5-14(8-12)19-17(23)15-7-6-13(18)9-16(15)22/h3-9,22H,10H2,1-2H3,(H,19,23). The van der Waals surface area contributed by atoms with Gasteiger partial charge in [-0.25, -0.2) is 0 Å². The molecular weight excluding hydrogens is 360 g/mol. The Morgan fingerprint density at radius 1 is 1.22 bits per heavy atom. The molecule has 120 valence electrons. The zero-order valence-corrected chi connectivity index (χ0v) is 14.4. The monoisotopic (exact) mass is 376 g/mol. The van der Waals surface area contributed by atoms with Crippen LogP contribution in [-0.4, -0.2) is 28.9 Å². The minimum absolute atomic E-state index is 0.0285. The predicted molar refractivity (Wildman–Crippen MR) is 92.4 cm³/mol. The summed E-state index contributed by atoms with van der Waals surface area (Å²) >= 11 is 3.23. The lowest BCUT2D eigenvalue weighted by Crippen LogP contribution is -2.23. The van der Waals surface area contributed by atoms with Crippen molar-refractivity contribution in [2.24, 2.45) is 0 Å². The molecule has 0 atom stereocenters. The van der Waals surface area contributed by atoms with Gasteiger partial charge in [0.05, 0.1) is 5.56 Å². The third kappa shape index (κ3) is 4.56. The van der Waals surface area contributed by atoms with E-state index in [4.69, 9.17) is 0 Å². The van der Waals surface area contributed by atoms with Crippen molar-refractivity contribution in [1.29, 1.82) is 0 Å². The van der Waals surface area contributed by atoms with E-state index in [0.29, 0.717) is 16.7 Å². The average Bonchev–Trinajstić information content (AvgIpc) is 2.47. The van der Waals surface area contributed by atoms with Gasteiger partial charge in [-0.15, -0.1) is 0 Å². The van der Waals surface area contributed by atoms with Crippen LogP contribution in [0.3, 0.4) is 0 Å². The van der Waals surface area contributed by atoms with E-state index in [1.54, 1.807) is 42.3 Å². The number of halogens is 1. The summed E-state index contributed by atoms with van der Waals surface area (Å²) < 4.78 is 0.695. The zero-order chi connectivity index (χ0) is 17.0. The molecule has 0 aliphatic heterocycles. The number of benzene rings is 2. The number of carbonyl (C=O) groups excluding carboxylic acids is 2. The molecule has 0 saturated carbocycles. The van der Waals surface area contributed by atoms with E-state index in [2.05, 4.69) is 21.2 Å². The van der Waals surface area contributed by atoms with Crippen molar-refractivity contribution in [1.82, 2.24) is 4.90 Å². The van der Waals surface area contributed by atoms with Crippen molar-refractivity contribution >= 4 is 33.4 Å². The van der Waals surface area contributed by atoms with Gasteiger partial charge in [0.1, 0.15) is 5.75 Å². The molecule has 5 nitrogen and oxygen atoms in total. The van der Waals surface area contributed by atoms with E-state index in [9.17, 15) is 14.7 Å². The molecule has 23 heavy (non-hydrogen) atoms. The van der Waals surface area contributed by atoms with Crippen molar-refractivity contribution in [2.75, 3.05) is 12.4 Å². The predicted octanol–water partition coefficient (Wildman–Crippen LogP) is 3.39. The minimum atomic E-state index is -0.396. The summed E-state index contributed by atoms with van der Waals surface area (Å²) in [5.41, 5.74) is 1.70. The van der Waals surface area contributed by atoms with Crippen LogP contribution in [0, 0.1) is 0 Å². The first-order chi connectivity index (χ1) is 10.9. The fraction of sp³-hybridized carbons (Fsp3) is 0.176. The number of nitrogens with one attached hydrogen (secondary N) is 1. The molecule has 2 rings (SSSR count). The van der Waals surface area contributed by atoms with Crippen LogP contribution in [-0.2, 0) is 11.3 Å². The van der Waals surface area contributed by atoms with E-state index >= 15 is 0 Å². The zero-order valence-electron chi connectivity index (χ0n) is 12.8. The first-order valence-corrected chi connectivity index (χ1v) is 7.76. The smallest absolute Gasteiger partial charge is 0.259 e.